The van der Waals surface area contributed by atoms with Crippen LogP contribution in [0.3, 0.4) is 0 Å². The third kappa shape index (κ3) is 4.99. The van der Waals surface area contributed by atoms with Crippen molar-refractivity contribution >= 4 is 5.97 Å². The average Bonchev–Trinajstić information content (AvgIpc) is 2.72. The molecule has 0 radical (unpaired) electrons. The number of halogens is 3. The van der Waals surface area contributed by atoms with E-state index in [4.69, 9.17) is 10.8 Å². The van der Waals surface area contributed by atoms with Gasteiger partial charge in [-0.2, -0.15) is 13.2 Å². The molecule has 19 heavy (non-hydrogen) atoms. The fraction of sp³-hybridized carbons (Fsp3) is 0.917. The van der Waals surface area contributed by atoms with Crippen molar-refractivity contribution in [2.45, 2.75) is 44.3 Å². The maximum Gasteiger partial charge on any atom is 0.393 e. The smallest absolute Gasteiger partial charge is 0.393 e. The maximum atomic E-state index is 12.5. The van der Waals surface area contributed by atoms with Gasteiger partial charge in [0.15, 0.2) is 0 Å². The minimum atomic E-state index is -4.10. The summed E-state index contributed by atoms with van der Waals surface area (Å²) in [7, 11) is 0. The average molecular weight is 282 g/mol. The Bertz CT molecular complexity index is 319. The lowest BCUT2D eigenvalue weighted by molar-refractivity contribution is -0.170. The first kappa shape index (κ1) is 16.2. The molecule has 0 aliphatic carbocycles. The zero-order chi connectivity index (χ0) is 14.7. The molecular formula is C12H21F3N2O2. The Morgan fingerprint density at radius 1 is 1.42 bits per heavy atom. The summed E-state index contributed by atoms with van der Waals surface area (Å²) in [6.07, 6.45) is -2.34. The molecule has 1 aliphatic heterocycles. The Morgan fingerprint density at radius 2 is 2.05 bits per heavy atom. The highest BCUT2D eigenvalue weighted by Crippen LogP contribution is 2.33. The molecule has 2 unspecified atom stereocenters. The molecule has 112 valence electrons. The third-order valence-electron chi connectivity index (χ3n) is 3.64. The highest BCUT2D eigenvalue weighted by molar-refractivity contribution is 5.77. The molecule has 1 aliphatic rings. The number of hydrogen-bond donors (Lipinski definition) is 2. The molecule has 0 aromatic rings. The fourth-order valence-electron chi connectivity index (χ4n) is 2.24. The number of carboxylic acid groups (broad SMARTS) is 1. The number of hydrogen-bond acceptors (Lipinski definition) is 3. The van der Waals surface area contributed by atoms with Gasteiger partial charge in [0.1, 0.15) is 5.54 Å². The zero-order valence-corrected chi connectivity index (χ0v) is 11.0. The molecule has 0 spiro atoms. The summed E-state index contributed by atoms with van der Waals surface area (Å²) in [5, 5.41) is 8.82. The highest BCUT2D eigenvalue weighted by Gasteiger charge is 2.43. The second-order valence-electron chi connectivity index (χ2n) is 5.51. The summed E-state index contributed by atoms with van der Waals surface area (Å²) < 4.78 is 37.4. The van der Waals surface area contributed by atoms with Gasteiger partial charge in [0.05, 0.1) is 5.92 Å². The molecule has 1 fully saturated rings. The van der Waals surface area contributed by atoms with Gasteiger partial charge in [0, 0.05) is 6.54 Å². The van der Waals surface area contributed by atoms with E-state index < -0.39 is 23.6 Å². The van der Waals surface area contributed by atoms with Crippen molar-refractivity contribution < 1.29 is 23.1 Å². The molecule has 1 heterocycles. The van der Waals surface area contributed by atoms with Gasteiger partial charge in [-0.1, -0.05) is 0 Å². The second-order valence-corrected chi connectivity index (χ2v) is 5.51. The van der Waals surface area contributed by atoms with Crippen molar-refractivity contribution in [2.75, 3.05) is 19.6 Å². The Kier molecular flexibility index (Phi) is 5.20. The van der Waals surface area contributed by atoms with Gasteiger partial charge < -0.3 is 15.7 Å². The standard InChI is InChI=1S/C12H21F3N2O2/c1-11(16,10(18)19)5-2-3-6-17-7-4-9(8-17)12(13,14)15/h9H,2-8,16H2,1H3,(H,18,19). The lowest BCUT2D eigenvalue weighted by atomic mass is 9.96. The predicted octanol–water partition coefficient (Wildman–Crippen LogP) is 1.84. The summed E-state index contributed by atoms with van der Waals surface area (Å²) in [6.45, 7) is 2.54. The van der Waals surface area contributed by atoms with E-state index in [2.05, 4.69) is 0 Å². The number of nitrogens with zero attached hydrogens (tertiary/aromatic N) is 1. The summed E-state index contributed by atoms with van der Waals surface area (Å²) in [5.41, 5.74) is 4.32. The second kappa shape index (κ2) is 6.09. The molecule has 0 amide bonds. The monoisotopic (exact) mass is 282 g/mol. The van der Waals surface area contributed by atoms with Crippen LogP contribution in [0.15, 0.2) is 0 Å². The number of nitrogens with two attached hydrogens (primary N) is 1. The molecule has 3 N–H and O–H groups in total. The van der Waals surface area contributed by atoms with Gasteiger partial charge in [0.2, 0.25) is 0 Å². The number of carboxylic acids is 1. The van der Waals surface area contributed by atoms with Gasteiger partial charge in [0.25, 0.3) is 0 Å². The number of likely N-dealkylation sites (tertiary alicyclic amines) is 1. The molecule has 4 nitrogen and oxygen atoms in total. The molecule has 7 heteroatoms. The largest absolute Gasteiger partial charge is 0.480 e. The van der Waals surface area contributed by atoms with Gasteiger partial charge in [-0.3, -0.25) is 4.79 Å². The van der Waals surface area contributed by atoms with Crippen LogP contribution in [0.1, 0.15) is 32.6 Å². The lowest BCUT2D eigenvalue weighted by Gasteiger charge is -2.20. The lowest BCUT2D eigenvalue weighted by Crippen LogP contribution is -2.44. The van der Waals surface area contributed by atoms with Crippen molar-refractivity contribution in [3.63, 3.8) is 0 Å². The summed E-state index contributed by atoms with van der Waals surface area (Å²) in [4.78, 5) is 12.5. The van der Waals surface area contributed by atoms with Crippen LogP contribution in [0.2, 0.25) is 0 Å². The number of aliphatic carboxylic acids is 1. The Morgan fingerprint density at radius 3 is 2.53 bits per heavy atom. The first-order valence-corrected chi connectivity index (χ1v) is 6.44. The normalized spacial score (nSPS) is 24.4. The minimum absolute atomic E-state index is 0.0579. The maximum absolute atomic E-state index is 12.5. The van der Waals surface area contributed by atoms with E-state index in [0.29, 0.717) is 32.4 Å². The van der Waals surface area contributed by atoms with Crippen molar-refractivity contribution in [1.82, 2.24) is 4.90 Å². The number of alkyl halides is 3. The topological polar surface area (TPSA) is 66.6 Å². The molecular weight excluding hydrogens is 261 g/mol. The van der Waals surface area contributed by atoms with E-state index in [9.17, 15) is 18.0 Å². The SMILES string of the molecule is CC(N)(CCCCN1CCC(C(F)(F)F)C1)C(=O)O. The molecule has 0 aromatic carbocycles. The molecule has 0 bridgehead atoms. The van der Waals surface area contributed by atoms with Crippen LogP contribution in [0.5, 0.6) is 0 Å². The molecule has 0 saturated carbocycles. The summed E-state index contributed by atoms with van der Waals surface area (Å²) in [6, 6.07) is 0. The van der Waals surface area contributed by atoms with Crippen LogP contribution in [0, 0.1) is 5.92 Å². The van der Waals surface area contributed by atoms with Crippen LogP contribution < -0.4 is 5.73 Å². The third-order valence-corrected chi connectivity index (χ3v) is 3.64. The van der Waals surface area contributed by atoms with E-state index >= 15 is 0 Å². The predicted molar refractivity (Wildman–Crippen MR) is 64.7 cm³/mol. The van der Waals surface area contributed by atoms with Crippen molar-refractivity contribution in [2.24, 2.45) is 11.7 Å². The first-order chi connectivity index (χ1) is 8.63. The van der Waals surface area contributed by atoms with Gasteiger partial charge in [-0.05, 0) is 45.7 Å². The molecule has 1 rings (SSSR count). The van der Waals surface area contributed by atoms with Crippen LogP contribution in [-0.4, -0.2) is 47.3 Å². The summed E-state index contributed by atoms with van der Waals surface area (Å²) >= 11 is 0. The number of rotatable bonds is 6. The Hall–Kier alpha value is -0.820. The van der Waals surface area contributed by atoms with E-state index in [1.165, 1.54) is 6.92 Å². The zero-order valence-electron chi connectivity index (χ0n) is 11.0. The quantitative estimate of drug-likeness (QED) is 0.730. The van der Waals surface area contributed by atoms with Crippen molar-refractivity contribution in [3.8, 4) is 0 Å². The van der Waals surface area contributed by atoms with E-state index in [0.717, 1.165) is 0 Å². The van der Waals surface area contributed by atoms with E-state index in [1.54, 1.807) is 4.90 Å². The number of unbranched alkanes of at least 4 members (excludes halogenated alkanes) is 1. The van der Waals surface area contributed by atoms with Crippen molar-refractivity contribution in [1.29, 1.82) is 0 Å². The van der Waals surface area contributed by atoms with Gasteiger partial charge in [-0.25, -0.2) is 0 Å². The van der Waals surface area contributed by atoms with Crippen LogP contribution in [0.25, 0.3) is 0 Å². The molecule has 2 atom stereocenters. The number of carbonyl (C=O) groups is 1. The van der Waals surface area contributed by atoms with Crippen LogP contribution in [-0.2, 0) is 4.79 Å². The van der Waals surface area contributed by atoms with Gasteiger partial charge >= 0.3 is 12.1 Å². The molecule has 1 saturated heterocycles. The van der Waals surface area contributed by atoms with Crippen LogP contribution >= 0.6 is 0 Å². The van der Waals surface area contributed by atoms with E-state index in [-0.39, 0.29) is 13.0 Å². The minimum Gasteiger partial charge on any atom is -0.480 e. The highest BCUT2D eigenvalue weighted by atomic mass is 19.4. The molecule has 0 aromatic heterocycles. The Labute approximate surface area is 110 Å². The van der Waals surface area contributed by atoms with E-state index in [1.807, 2.05) is 0 Å². The first-order valence-electron chi connectivity index (χ1n) is 6.44. The Balaban J connectivity index is 2.20. The van der Waals surface area contributed by atoms with Crippen molar-refractivity contribution in [3.05, 3.63) is 0 Å². The van der Waals surface area contributed by atoms with Gasteiger partial charge in [-0.15, -0.1) is 0 Å². The fourth-order valence-corrected chi connectivity index (χ4v) is 2.24. The summed E-state index contributed by atoms with van der Waals surface area (Å²) in [5.74, 6) is -2.27. The van der Waals surface area contributed by atoms with Crippen LogP contribution in [0.4, 0.5) is 13.2 Å².